The van der Waals surface area contributed by atoms with Crippen molar-refractivity contribution in [3.8, 4) is 11.5 Å². The first-order chi connectivity index (χ1) is 8.53. The van der Waals surface area contributed by atoms with E-state index in [-0.39, 0.29) is 6.42 Å². The summed E-state index contributed by atoms with van der Waals surface area (Å²) in [6.07, 6.45) is -1.19. The highest BCUT2D eigenvalue weighted by Gasteiger charge is 2.21. The second-order valence-corrected chi connectivity index (χ2v) is 4.45. The van der Waals surface area contributed by atoms with Gasteiger partial charge in [0.25, 0.3) is 0 Å². The molecule has 0 bridgehead atoms. The lowest BCUT2D eigenvalue weighted by molar-refractivity contribution is -0.150. The number of carbonyl (C=O) groups excluding carboxylic acids is 1. The number of aliphatic hydroxyl groups is 1. The van der Waals surface area contributed by atoms with E-state index in [2.05, 4.69) is 20.7 Å². The maximum Gasteiger partial charge on any atom is 0.335 e. The van der Waals surface area contributed by atoms with E-state index < -0.39 is 12.1 Å². The molecule has 100 valence electrons. The topological polar surface area (TPSA) is 65.0 Å². The molecule has 1 aromatic rings. The lowest BCUT2D eigenvalue weighted by Gasteiger charge is -2.15. The fourth-order valence-corrected chi connectivity index (χ4v) is 1.98. The Kier molecular flexibility index (Phi) is 5.43. The molecule has 1 N–H and O–H groups in total. The van der Waals surface area contributed by atoms with Gasteiger partial charge in [0.2, 0.25) is 0 Å². The monoisotopic (exact) mass is 318 g/mol. The third-order valence-electron chi connectivity index (χ3n) is 2.44. The first kappa shape index (κ1) is 14.8. The second kappa shape index (κ2) is 6.61. The van der Waals surface area contributed by atoms with Gasteiger partial charge in [0.15, 0.2) is 6.10 Å². The number of carbonyl (C=O) groups is 1. The number of hydrogen-bond donors (Lipinski definition) is 1. The smallest absolute Gasteiger partial charge is 0.335 e. The van der Waals surface area contributed by atoms with Crippen LogP contribution in [0.4, 0.5) is 0 Å². The molecule has 0 heterocycles. The summed E-state index contributed by atoms with van der Waals surface area (Å²) < 4.78 is 15.7. The molecule has 5 nitrogen and oxygen atoms in total. The van der Waals surface area contributed by atoms with Crippen LogP contribution in [0.15, 0.2) is 16.6 Å². The van der Waals surface area contributed by atoms with Crippen LogP contribution < -0.4 is 9.47 Å². The van der Waals surface area contributed by atoms with E-state index >= 15 is 0 Å². The molecule has 0 aliphatic carbocycles. The second-order valence-electron chi connectivity index (χ2n) is 3.53. The van der Waals surface area contributed by atoms with Crippen LogP contribution >= 0.6 is 15.9 Å². The van der Waals surface area contributed by atoms with Crippen molar-refractivity contribution in [3.05, 3.63) is 22.2 Å². The Morgan fingerprint density at radius 1 is 1.28 bits per heavy atom. The highest BCUT2D eigenvalue weighted by Crippen LogP contribution is 2.33. The Bertz CT molecular complexity index is 407. The number of halogens is 1. The van der Waals surface area contributed by atoms with Gasteiger partial charge in [0.1, 0.15) is 11.5 Å². The third-order valence-corrected chi connectivity index (χ3v) is 2.90. The molecule has 18 heavy (non-hydrogen) atoms. The van der Waals surface area contributed by atoms with Crippen LogP contribution in [0.1, 0.15) is 5.56 Å². The molecule has 6 heteroatoms. The summed E-state index contributed by atoms with van der Waals surface area (Å²) in [5, 5.41) is 9.68. The zero-order valence-corrected chi connectivity index (χ0v) is 12.0. The summed E-state index contributed by atoms with van der Waals surface area (Å²) in [7, 11) is 4.24. The summed E-state index contributed by atoms with van der Waals surface area (Å²) in [6, 6.07) is 3.48. The number of benzene rings is 1. The van der Waals surface area contributed by atoms with Crippen LogP contribution in [0.5, 0.6) is 11.5 Å². The number of methoxy groups -OCH3 is 3. The van der Waals surface area contributed by atoms with Gasteiger partial charge in [-0.05, 0) is 12.1 Å². The Morgan fingerprint density at radius 3 is 2.17 bits per heavy atom. The highest BCUT2D eigenvalue weighted by molar-refractivity contribution is 9.10. The number of esters is 1. The van der Waals surface area contributed by atoms with Crippen molar-refractivity contribution in [1.29, 1.82) is 0 Å². The van der Waals surface area contributed by atoms with Crippen molar-refractivity contribution in [2.75, 3.05) is 21.3 Å². The van der Waals surface area contributed by atoms with Gasteiger partial charge in [-0.15, -0.1) is 0 Å². The molecule has 0 saturated carbocycles. The van der Waals surface area contributed by atoms with Gasteiger partial charge in [-0.2, -0.15) is 0 Å². The molecular formula is C12H15BrO5. The lowest BCUT2D eigenvalue weighted by atomic mass is 10.1. The van der Waals surface area contributed by atoms with E-state index in [1.807, 2.05) is 0 Å². The van der Waals surface area contributed by atoms with Crippen molar-refractivity contribution in [1.82, 2.24) is 0 Å². The first-order valence-corrected chi connectivity index (χ1v) is 5.99. The summed E-state index contributed by atoms with van der Waals surface area (Å²) in [5.74, 6) is 0.371. The van der Waals surface area contributed by atoms with Crippen LogP contribution in [0.3, 0.4) is 0 Å². The summed E-state index contributed by atoms with van der Waals surface area (Å²) >= 11 is 3.32. The van der Waals surface area contributed by atoms with Crippen LogP contribution in [0, 0.1) is 0 Å². The van der Waals surface area contributed by atoms with Crippen molar-refractivity contribution in [2.45, 2.75) is 12.5 Å². The highest BCUT2D eigenvalue weighted by atomic mass is 79.9. The van der Waals surface area contributed by atoms with E-state index in [1.54, 1.807) is 12.1 Å². The van der Waals surface area contributed by atoms with E-state index in [0.29, 0.717) is 17.1 Å². The predicted molar refractivity (Wildman–Crippen MR) is 69.0 cm³/mol. The van der Waals surface area contributed by atoms with Gasteiger partial charge in [0.05, 0.1) is 21.3 Å². The van der Waals surface area contributed by atoms with Crippen LogP contribution in [0.25, 0.3) is 0 Å². The molecule has 1 aromatic carbocycles. The SMILES string of the molecule is COC(=O)C(O)Cc1c(OC)cc(Br)cc1OC. The van der Waals surface area contributed by atoms with E-state index in [4.69, 9.17) is 9.47 Å². The zero-order chi connectivity index (χ0) is 13.7. The number of aliphatic hydroxyl groups excluding tert-OH is 1. The largest absolute Gasteiger partial charge is 0.496 e. The number of hydrogen-bond acceptors (Lipinski definition) is 5. The predicted octanol–water partition coefficient (Wildman–Crippen LogP) is 1.54. The Labute approximate surface area is 114 Å². The number of rotatable bonds is 5. The Balaban J connectivity index is 3.09. The molecule has 0 fully saturated rings. The maximum atomic E-state index is 11.2. The van der Waals surface area contributed by atoms with Crippen LogP contribution in [-0.2, 0) is 16.0 Å². The molecular weight excluding hydrogens is 304 g/mol. The number of ether oxygens (including phenoxy) is 3. The minimum Gasteiger partial charge on any atom is -0.496 e. The van der Waals surface area contributed by atoms with Gasteiger partial charge in [0, 0.05) is 16.5 Å². The normalized spacial score (nSPS) is 11.8. The molecule has 0 aliphatic rings. The first-order valence-electron chi connectivity index (χ1n) is 5.19. The van der Waals surface area contributed by atoms with Gasteiger partial charge < -0.3 is 19.3 Å². The Hall–Kier alpha value is -1.27. The van der Waals surface area contributed by atoms with Crippen molar-refractivity contribution >= 4 is 21.9 Å². The van der Waals surface area contributed by atoms with Crippen LogP contribution in [0.2, 0.25) is 0 Å². The molecule has 0 radical (unpaired) electrons. The molecule has 0 aromatic heterocycles. The summed E-state index contributed by atoms with van der Waals surface area (Å²) in [4.78, 5) is 11.2. The minimum absolute atomic E-state index is 0.0618. The van der Waals surface area contributed by atoms with E-state index in [0.717, 1.165) is 4.47 Å². The van der Waals surface area contributed by atoms with E-state index in [9.17, 15) is 9.90 Å². The fourth-order valence-electron chi connectivity index (χ4n) is 1.57. The molecule has 0 aliphatic heterocycles. The van der Waals surface area contributed by atoms with Crippen LogP contribution in [-0.4, -0.2) is 38.5 Å². The summed E-state index contributed by atoms with van der Waals surface area (Å²) in [5.41, 5.74) is 0.612. The van der Waals surface area contributed by atoms with Crippen molar-refractivity contribution < 1.29 is 24.1 Å². The standard InChI is InChI=1S/C12H15BrO5/c1-16-10-4-7(13)5-11(17-2)8(10)6-9(14)12(15)18-3/h4-5,9,14H,6H2,1-3H3. The lowest BCUT2D eigenvalue weighted by Crippen LogP contribution is -2.24. The zero-order valence-electron chi connectivity index (χ0n) is 10.4. The van der Waals surface area contributed by atoms with Gasteiger partial charge >= 0.3 is 5.97 Å². The fraction of sp³-hybridized carbons (Fsp3) is 0.417. The molecule has 0 saturated heterocycles. The molecule has 1 rings (SSSR count). The van der Waals surface area contributed by atoms with Crippen molar-refractivity contribution in [3.63, 3.8) is 0 Å². The molecule has 1 unspecified atom stereocenters. The average Bonchev–Trinajstić information content (AvgIpc) is 2.38. The minimum atomic E-state index is -1.25. The molecule has 0 spiro atoms. The molecule has 1 atom stereocenters. The van der Waals surface area contributed by atoms with Gasteiger partial charge in [-0.3, -0.25) is 0 Å². The van der Waals surface area contributed by atoms with E-state index in [1.165, 1.54) is 21.3 Å². The quantitative estimate of drug-likeness (QED) is 0.834. The summed E-state index contributed by atoms with van der Waals surface area (Å²) in [6.45, 7) is 0. The third kappa shape index (κ3) is 3.36. The Morgan fingerprint density at radius 2 is 1.78 bits per heavy atom. The van der Waals surface area contributed by atoms with Gasteiger partial charge in [-0.1, -0.05) is 15.9 Å². The average molecular weight is 319 g/mol. The van der Waals surface area contributed by atoms with Gasteiger partial charge in [-0.25, -0.2) is 4.79 Å². The molecule has 0 amide bonds. The van der Waals surface area contributed by atoms with Crippen molar-refractivity contribution in [2.24, 2.45) is 0 Å². The maximum absolute atomic E-state index is 11.2.